The summed E-state index contributed by atoms with van der Waals surface area (Å²) in [5.41, 5.74) is 1.42. The Bertz CT molecular complexity index is 752. The number of likely N-dealkylation sites (tertiary alicyclic amines) is 1. The van der Waals surface area contributed by atoms with E-state index >= 15 is 0 Å². The molecule has 138 valence electrons. The van der Waals surface area contributed by atoms with Crippen LogP contribution in [0.5, 0.6) is 0 Å². The lowest BCUT2D eigenvalue weighted by Crippen LogP contribution is -2.42. The van der Waals surface area contributed by atoms with Crippen LogP contribution in [0.3, 0.4) is 0 Å². The summed E-state index contributed by atoms with van der Waals surface area (Å²) in [5.74, 6) is -1.47. The Morgan fingerprint density at radius 1 is 1.38 bits per heavy atom. The van der Waals surface area contributed by atoms with Gasteiger partial charge in [-0.15, -0.1) is 0 Å². The summed E-state index contributed by atoms with van der Waals surface area (Å²) in [4.78, 5) is 17.7. The van der Waals surface area contributed by atoms with Gasteiger partial charge in [0.25, 0.3) is 0 Å². The second-order valence-electron chi connectivity index (χ2n) is 6.31. The van der Waals surface area contributed by atoms with Gasteiger partial charge in [0.1, 0.15) is 11.9 Å². The second kappa shape index (κ2) is 8.58. The van der Waals surface area contributed by atoms with Crippen LogP contribution in [0.25, 0.3) is 0 Å². The molecule has 1 atom stereocenters. The first kappa shape index (κ1) is 18.8. The fourth-order valence-corrected chi connectivity index (χ4v) is 3.48. The predicted octanol–water partition coefficient (Wildman–Crippen LogP) is 3.68. The summed E-state index contributed by atoms with van der Waals surface area (Å²) in [5, 5.41) is 9.79. The van der Waals surface area contributed by atoms with Crippen molar-refractivity contribution in [2.75, 3.05) is 13.1 Å². The van der Waals surface area contributed by atoms with Gasteiger partial charge in [-0.05, 0) is 42.2 Å². The molecule has 5 nitrogen and oxygen atoms in total. The summed E-state index contributed by atoms with van der Waals surface area (Å²) in [6.07, 6.45) is 5.01. The Morgan fingerprint density at radius 3 is 2.77 bits per heavy atom. The number of benzene rings is 1. The van der Waals surface area contributed by atoms with Crippen LogP contribution in [0.4, 0.5) is 4.39 Å². The fourth-order valence-electron chi connectivity index (χ4n) is 3.21. The lowest BCUT2D eigenvalue weighted by molar-refractivity contribution is -0.145. The number of carboxylic acid groups (broad SMARTS) is 1. The summed E-state index contributed by atoms with van der Waals surface area (Å²) in [6.45, 7) is 1.63. The van der Waals surface area contributed by atoms with Crippen LogP contribution >= 0.6 is 11.6 Å². The molecule has 0 radical (unpaired) electrons. The number of aliphatic carboxylic acids is 1. The molecule has 0 saturated carbocycles. The first-order chi connectivity index (χ1) is 12.5. The van der Waals surface area contributed by atoms with Gasteiger partial charge in [-0.25, -0.2) is 4.39 Å². The van der Waals surface area contributed by atoms with Crippen molar-refractivity contribution in [2.24, 2.45) is 0 Å². The highest BCUT2D eigenvalue weighted by Crippen LogP contribution is 2.31. The van der Waals surface area contributed by atoms with E-state index in [9.17, 15) is 14.3 Å². The molecule has 0 amide bonds. The number of ether oxygens (including phenoxy) is 1. The minimum Gasteiger partial charge on any atom is -0.480 e. The fraction of sp³-hybridized carbons (Fsp3) is 0.368. The average Bonchev–Trinajstić information content (AvgIpc) is 2.64. The Kier molecular flexibility index (Phi) is 6.19. The molecule has 0 spiro atoms. The Labute approximate surface area is 156 Å². The molecule has 7 heteroatoms. The molecule has 2 aromatic rings. The lowest BCUT2D eigenvalue weighted by atomic mass is 10.00. The largest absolute Gasteiger partial charge is 0.480 e. The number of aromatic nitrogens is 1. The smallest absolute Gasteiger partial charge is 0.325 e. The third-order valence-corrected chi connectivity index (χ3v) is 4.87. The van der Waals surface area contributed by atoms with Crippen molar-refractivity contribution in [1.29, 1.82) is 0 Å². The van der Waals surface area contributed by atoms with E-state index in [1.54, 1.807) is 12.4 Å². The monoisotopic (exact) mass is 378 g/mol. The van der Waals surface area contributed by atoms with Gasteiger partial charge in [-0.3, -0.25) is 14.7 Å². The summed E-state index contributed by atoms with van der Waals surface area (Å²) in [7, 11) is 0. The zero-order valence-corrected chi connectivity index (χ0v) is 14.9. The number of pyridine rings is 1. The zero-order chi connectivity index (χ0) is 18.5. The van der Waals surface area contributed by atoms with Crippen molar-refractivity contribution in [3.63, 3.8) is 0 Å². The van der Waals surface area contributed by atoms with Crippen LogP contribution in [0.15, 0.2) is 42.7 Å². The zero-order valence-electron chi connectivity index (χ0n) is 14.1. The number of nitrogens with zero attached hydrogens (tertiary/aromatic N) is 2. The van der Waals surface area contributed by atoms with E-state index in [1.165, 1.54) is 12.1 Å². The molecule has 3 rings (SSSR count). The van der Waals surface area contributed by atoms with Crippen LogP contribution in [-0.4, -0.2) is 40.2 Å². The normalized spacial score (nSPS) is 17.2. The van der Waals surface area contributed by atoms with Crippen molar-refractivity contribution >= 4 is 17.6 Å². The van der Waals surface area contributed by atoms with Gasteiger partial charge in [0.05, 0.1) is 12.7 Å². The Hall–Kier alpha value is -2.02. The summed E-state index contributed by atoms with van der Waals surface area (Å²) < 4.78 is 19.2. The molecule has 1 aromatic heterocycles. The number of carbonyl (C=O) groups is 1. The van der Waals surface area contributed by atoms with Crippen LogP contribution in [-0.2, 0) is 16.1 Å². The topological polar surface area (TPSA) is 62.7 Å². The maximum Gasteiger partial charge on any atom is 0.325 e. The molecule has 26 heavy (non-hydrogen) atoms. The second-order valence-corrected chi connectivity index (χ2v) is 6.72. The van der Waals surface area contributed by atoms with E-state index in [-0.39, 0.29) is 11.1 Å². The van der Waals surface area contributed by atoms with Crippen LogP contribution in [0, 0.1) is 5.82 Å². The number of halogens is 2. The van der Waals surface area contributed by atoms with Gasteiger partial charge in [0.2, 0.25) is 0 Å². The average molecular weight is 379 g/mol. The lowest BCUT2D eigenvalue weighted by Gasteiger charge is -2.36. The number of carboxylic acids is 1. The standard InChI is InChI=1S/C19H20ClFN2O3/c20-17-10-14(21)3-4-16(17)18(19(24)25)23-8-5-15(6-9-23)26-12-13-2-1-7-22-11-13/h1-4,7,10-11,15,18H,5-6,8-9,12H2,(H,24,25). The highest BCUT2D eigenvalue weighted by molar-refractivity contribution is 6.31. The molecule has 1 aromatic carbocycles. The van der Waals surface area contributed by atoms with Crippen molar-refractivity contribution < 1.29 is 19.0 Å². The molecule has 2 heterocycles. The quantitative estimate of drug-likeness (QED) is 0.830. The van der Waals surface area contributed by atoms with Crippen LogP contribution in [0.2, 0.25) is 5.02 Å². The maximum absolute atomic E-state index is 13.3. The minimum atomic E-state index is -0.992. The molecule has 0 aliphatic carbocycles. The van der Waals surface area contributed by atoms with Crippen LogP contribution < -0.4 is 0 Å². The molecule has 0 bridgehead atoms. The third kappa shape index (κ3) is 4.58. The van der Waals surface area contributed by atoms with E-state index in [2.05, 4.69) is 4.98 Å². The van der Waals surface area contributed by atoms with Gasteiger partial charge in [-0.1, -0.05) is 23.7 Å². The van der Waals surface area contributed by atoms with Gasteiger partial charge in [0.15, 0.2) is 0 Å². The van der Waals surface area contributed by atoms with E-state index in [0.717, 1.165) is 24.5 Å². The van der Waals surface area contributed by atoms with Gasteiger partial charge >= 0.3 is 5.97 Å². The Morgan fingerprint density at radius 2 is 2.15 bits per heavy atom. The number of hydrogen-bond acceptors (Lipinski definition) is 4. The van der Waals surface area contributed by atoms with Gasteiger partial charge in [-0.2, -0.15) is 0 Å². The number of hydrogen-bond donors (Lipinski definition) is 1. The predicted molar refractivity (Wildman–Crippen MR) is 95.4 cm³/mol. The van der Waals surface area contributed by atoms with Gasteiger partial charge in [0, 0.05) is 30.5 Å². The highest BCUT2D eigenvalue weighted by atomic mass is 35.5. The first-order valence-electron chi connectivity index (χ1n) is 8.47. The molecule has 1 fully saturated rings. The van der Waals surface area contributed by atoms with E-state index < -0.39 is 17.8 Å². The van der Waals surface area contributed by atoms with Crippen molar-refractivity contribution in [1.82, 2.24) is 9.88 Å². The molecule has 1 unspecified atom stereocenters. The first-order valence-corrected chi connectivity index (χ1v) is 8.84. The SMILES string of the molecule is O=C(O)C(c1ccc(F)cc1Cl)N1CCC(OCc2cccnc2)CC1. The third-order valence-electron chi connectivity index (χ3n) is 4.54. The van der Waals surface area contributed by atoms with Crippen molar-refractivity contribution in [3.8, 4) is 0 Å². The van der Waals surface area contributed by atoms with Crippen molar-refractivity contribution in [3.05, 3.63) is 64.7 Å². The molecule has 1 aliphatic heterocycles. The number of rotatable bonds is 6. The van der Waals surface area contributed by atoms with Crippen molar-refractivity contribution in [2.45, 2.75) is 31.6 Å². The molecule has 1 aliphatic rings. The number of piperidine rings is 1. The summed E-state index contributed by atoms with van der Waals surface area (Å²) >= 11 is 6.07. The molecule has 1 N–H and O–H groups in total. The van der Waals surface area contributed by atoms with E-state index in [4.69, 9.17) is 16.3 Å². The van der Waals surface area contributed by atoms with E-state index in [1.807, 2.05) is 17.0 Å². The minimum absolute atomic E-state index is 0.0737. The summed E-state index contributed by atoms with van der Waals surface area (Å²) in [6, 6.07) is 6.77. The van der Waals surface area contributed by atoms with Crippen LogP contribution in [0.1, 0.15) is 30.0 Å². The molecular weight excluding hydrogens is 359 g/mol. The molecule has 1 saturated heterocycles. The Balaban J connectivity index is 1.60. The molecular formula is C19H20ClFN2O3. The highest BCUT2D eigenvalue weighted by Gasteiger charge is 2.32. The van der Waals surface area contributed by atoms with E-state index in [0.29, 0.717) is 25.3 Å². The maximum atomic E-state index is 13.3. The van der Waals surface area contributed by atoms with Gasteiger partial charge < -0.3 is 9.84 Å².